The van der Waals surface area contributed by atoms with Crippen molar-refractivity contribution < 1.29 is 13.5 Å². The van der Waals surface area contributed by atoms with E-state index in [0.29, 0.717) is 16.9 Å². The molecule has 0 atom stereocenters. The second-order valence-electron chi connectivity index (χ2n) is 5.32. The Morgan fingerprint density at radius 2 is 1.61 bits per heavy atom. The van der Waals surface area contributed by atoms with Crippen LogP contribution in [0.25, 0.3) is 0 Å². The number of alkyl halides is 2. The van der Waals surface area contributed by atoms with Crippen LogP contribution in [0.5, 0.6) is 5.75 Å². The molecule has 2 nitrogen and oxygen atoms in total. The Bertz CT molecular complexity index is 462. The smallest absolute Gasteiger partial charge is 0.290 e. The van der Waals surface area contributed by atoms with Crippen LogP contribution in [0.4, 0.5) is 8.78 Å². The summed E-state index contributed by atoms with van der Waals surface area (Å²) in [5.41, 5.74) is 5.93. The van der Waals surface area contributed by atoms with E-state index in [0.717, 1.165) is 5.56 Å². The van der Waals surface area contributed by atoms with Crippen LogP contribution in [0.3, 0.4) is 0 Å². The molecule has 102 valence electrons. The van der Waals surface area contributed by atoms with E-state index in [2.05, 4.69) is 0 Å². The lowest BCUT2D eigenvalue weighted by molar-refractivity contribution is -0.0679. The van der Waals surface area contributed by atoms with Crippen molar-refractivity contribution in [2.45, 2.75) is 46.1 Å². The standard InChI is InChI=1S/C14H21F2NO/c1-8-7-11(14(15,16)13(4,5)17)9(2)10(3)12(8)18-6/h7H,17H2,1-6H3. The van der Waals surface area contributed by atoms with Gasteiger partial charge in [0.05, 0.1) is 12.6 Å². The lowest BCUT2D eigenvalue weighted by Crippen LogP contribution is -2.48. The zero-order valence-electron chi connectivity index (χ0n) is 11.8. The van der Waals surface area contributed by atoms with Crippen LogP contribution in [0.15, 0.2) is 6.07 Å². The Kier molecular flexibility index (Phi) is 3.73. The minimum Gasteiger partial charge on any atom is -0.496 e. The first-order chi connectivity index (χ1) is 8.04. The van der Waals surface area contributed by atoms with Gasteiger partial charge in [-0.3, -0.25) is 0 Å². The minimum atomic E-state index is -3.08. The molecule has 0 heterocycles. The van der Waals surface area contributed by atoms with E-state index < -0.39 is 11.5 Å². The first-order valence-corrected chi connectivity index (χ1v) is 5.86. The predicted octanol–water partition coefficient (Wildman–Crippen LogP) is 3.45. The fraction of sp³-hybridized carbons (Fsp3) is 0.571. The summed E-state index contributed by atoms with van der Waals surface area (Å²) in [6, 6.07) is 1.47. The van der Waals surface area contributed by atoms with Gasteiger partial charge in [-0.1, -0.05) is 0 Å². The molecule has 1 aromatic carbocycles. The zero-order valence-corrected chi connectivity index (χ0v) is 11.8. The second-order valence-corrected chi connectivity index (χ2v) is 5.32. The fourth-order valence-electron chi connectivity index (χ4n) is 2.05. The summed E-state index contributed by atoms with van der Waals surface area (Å²) in [5.74, 6) is -2.43. The van der Waals surface area contributed by atoms with Gasteiger partial charge in [0.2, 0.25) is 0 Å². The summed E-state index contributed by atoms with van der Waals surface area (Å²) in [7, 11) is 1.54. The fourth-order valence-corrected chi connectivity index (χ4v) is 2.05. The number of hydrogen-bond donors (Lipinski definition) is 1. The molecule has 0 unspecified atom stereocenters. The molecule has 0 radical (unpaired) electrons. The number of halogens is 2. The summed E-state index contributed by atoms with van der Waals surface area (Å²) in [6.07, 6.45) is 0. The quantitative estimate of drug-likeness (QED) is 0.900. The van der Waals surface area contributed by atoms with E-state index in [4.69, 9.17) is 10.5 Å². The SMILES string of the molecule is COc1c(C)cc(C(F)(F)C(C)(C)N)c(C)c1C. The molecule has 1 rings (SSSR count). The molecule has 2 N–H and O–H groups in total. The molecule has 0 aliphatic heterocycles. The normalized spacial score (nSPS) is 12.7. The Balaban J connectivity index is 3.54. The maximum Gasteiger partial charge on any atom is 0.290 e. The summed E-state index contributed by atoms with van der Waals surface area (Å²) in [4.78, 5) is 0. The molecule has 0 aromatic heterocycles. The highest BCUT2D eigenvalue weighted by Gasteiger charge is 2.46. The number of ether oxygens (including phenoxy) is 1. The van der Waals surface area contributed by atoms with Crippen LogP contribution in [0.2, 0.25) is 0 Å². The van der Waals surface area contributed by atoms with Gasteiger partial charge in [-0.05, 0) is 57.4 Å². The third kappa shape index (κ3) is 2.21. The largest absolute Gasteiger partial charge is 0.496 e. The van der Waals surface area contributed by atoms with Crippen LogP contribution in [-0.2, 0) is 5.92 Å². The molecule has 0 aliphatic carbocycles. The van der Waals surface area contributed by atoms with E-state index in [1.54, 1.807) is 27.9 Å². The molecule has 0 saturated carbocycles. The first kappa shape index (κ1) is 14.9. The van der Waals surface area contributed by atoms with Gasteiger partial charge in [-0.25, -0.2) is 0 Å². The van der Waals surface area contributed by atoms with E-state index >= 15 is 0 Å². The Morgan fingerprint density at radius 1 is 1.11 bits per heavy atom. The van der Waals surface area contributed by atoms with Crippen LogP contribution >= 0.6 is 0 Å². The number of nitrogens with two attached hydrogens (primary N) is 1. The molecule has 18 heavy (non-hydrogen) atoms. The molecular weight excluding hydrogens is 236 g/mol. The highest BCUT2D eigenvalue weighted by Crippen LogP contribution is 2.42. The third-order valence-corrected chi connectivity index (χ3v) is 3.38. The van der Waals surface area contributed by atoms with Crippen molar-refractivity contribution >= 4 is 0 Å². The Labute approximate surface area is 107 Å². The van der Waals surface area contributed by atoms with E-state index in [1.807, 2.05) is 0 Å². The average molecular weight is 257 g/mol. The topological polar surface area (TPSA) is 35.2 Å². The third-order valence-electron chi connectivity index (χ3n) is 3.38. The van der Waals surface area contributed by atoms with Crippen molar-refractivity contribution in [3.05, 3.63) is 28.3 Å². The van der Waals surface area contributed by atoms with Gasteiger partial charge in [0.15, 0.2) is 0 Å². The molecule has 0 aliphatic rings. The van der Waals surface area contributed by atoms with Gasteiger partial charge < -0.3 is 10.5 Å². The zero-order chi connectivity index (χ0) is 14.3. The summed E-state index contributed by atoms with van der Waals surface area (Å²) in [6.45, 7) is 7.88. The van der Waals surface area contributed by atoms with Crippen molar-refractivity contribution in [2.75, 3.05) is 7.11 Å². The van der Waals surface area contributed by atoms with Crippen molar-refractivity contribution in [3.63, 3.8) is 0 Å². The van der Waals surface area contributed by atoms with Crippen LogP contribution in [-0.4, -0.2) is 12.6 Å². The molecule has 0 amide bonds. The number of benzene rings is 1. The lowest BCUT2D eigenvalue weighted by atomic mass is 9.86. The van der Waals surface area contributed by atoms with Crippen LogP contribution in [0, 0.1) is 20.8 Å². The van der Waals surface area contributed by atoms with Crippen LogP contribution < -0.4 is 10.5 Å². The first-order valence-electron chi connectivity index (χ1n) is 5.86. The van der Waals surface area contributed by atoms with Gasteiger partial charge in [-0.15, -0.1) is 0 Å². The van der Waals surface area contributed by atoms with Crippen LogP contribution in [0.1, 0.15) is 36.1 Å². The second kappa shape index (κ2) is 4.50. The lowest BCUT2D eigenvalue weighted by Gasteiger charge is -2.32. The van der Waals surface area contributed by atoms with Crippen molar-refractivity contribution in [1.29, 1.82) is 0 Å². The summed E-state index contributed by atoms with van der Waals surface area (Å²) >= 11 is 0. The molecule has 4 heteroatoms. The van der Waals surface area contributed by atoms with Gasteiger partial charge in [0, 0.05) is 5.56 Å². The van der Waals surface area contributed by atoms with Crippen molar-refractivity contribution in [2.24, 2.45) is 5.73 Å². The molecule has 0 saturated heterocycles. The van der Waals surface area contributed by atoms with Gasteiger partial charge >= 0.3 is 0 Å². The Morgan fingerprint density at radius 3 is 2.00 bits per heavy atom. The number of rotatable bonds is 3. The maximum atomic E-state index is 14.4. The maximum absolute atomic E-state index is 14.4. The molecule has 1 aromatic rings. The monoisotopic (exact) mass is 257 g/mol. The van der Waals surface area contributed by atoms with Crippen molar-refractivity contribution in [3.8, 4) is 5.75 Å². The minimum absolute atomic E-state index is 0.0224. The summed E-state index contributed by atoms with van der Waals surface area (Å²) in [5, 5.41) is 0. The van der Waals surface area contributed by atoms with E-state index in [-0.39, 0.29) is 5.56 Å². The Hall–Kier alpha value is -1.16. The van der Waals surface area contributed by atoms with Gasteiger partial charge in [0.25, 0.3) is 5.92 Å². The number of aryl methyl sites for hydroxylation is 1. The molecule has 0 bridgehead atoms. The average Bonchev–Trinajstić information content (AvgIpc) is 2.22. The van der Waals surface area contributed by atoms with E-state index in [9.17, 15) is 8.78 Å². The molecule has 0 spiro atoms. The number of hydrogen-bond acceptors (Lipinski definition) is 2. The van der Waals surface area contributed by atoms with E-state index in [1.165, 1.54) is 19.9 Å². The van der Waals surface area contributed by atoms with Gasteiger partial charge in [0.1, 0.15) is 5.75 Å². The predicted molar refractivity (Wildman–Crippen MR) is 69.4 cm³/mol. The van der Waals surface area contributed by atoms with Crippen molar-refractivity contribution in [1.82, 2.24) is 0 Å². The molecular formula is C14H21F2NO. The highest BCUT2D eigenvalue weighted by molar-refractivity contribution is 5.50. The molecule has 0 fully saturated rings. The number of methoxy groups -OCH3 is 1. The highest BCUT2D eigenvalue weighted by atomic mass is 19.3. The van der Waals surface area contributed by atoms with Gasteiger partial charge in [-0.2, -0.15) is 8.78 Å². The summed E-state index contributed by atoms with van der Waals surface area (Å²) < 4.78 is 33.9.